The first-order chi connectivity index (χ1) is 13.3. The van der Waals surface area contributed by atoms with E-state index in [0.717, 1.165) is 10.8 Å². The summed E-state index contributed by atoms with van der Waals surface area (Å²) in [7, 11) is 0. The molecule has 3 rings (SSSR count). The van der Waals surface area contributed by atoms with Crippen LogP contribution < -0.4 is 16.6 Å². The van der Waals surface area contributed by atoms with Gasteiger partial charge < -0.3 is 10.3 Å². The number of hydrogen-bond acceptors (Lipinski definition) is 5. The summed E-state index contributed by atoms with van der Waals surface area (Å²) in [5.41, 5.74) is -1.67. The molecule has 0 saturated heterocycles. The Hall–Kier alpha value is -3.72. The number of para-hydroxylation sites is 1. The first kappa shape index (κ1) is 19.1. The summed E-state index contributed by atoms with van der Waals surface area (Å²) in [5.74, 6) is -0.888. The number of nitrogens with one attached hydrogen (secondary N) is 2. The Morgan fingerprint density at radius 3 is 2.50 bits per heavy atom. The Labute approximate surface area is 162 Å². The number of nitrogens with zero attached hydrogens (tertiary/aromatic N) is 2. The Morgan fingerprint density at radius 2 is 1.86 bits per heavy atom. The molecule has 0 saturated carbocycles. The van der Waals surface area contributed by atoms with Crippen LogP contribution in [0.5, 0.6) is 0 Å². The molecule has 1 amide bonds. The predicted octanol–water partition coefficient (Wildman–Crippen LogP) is 2.65. The van der Waals surface area contributed by atoms with Crippen molar-refractivity contribution in [1.82, 2.24) is 9.55 Å². The monoisotopic (exact) mass is 400 g/mol. The molecule has 3 aromatic rings. The minimum Gasteiger partial charge on any atom is -0.316 e. The van der Waals surface area contributed by atoms with Gasteiger partial charge in [0, 0.05) is 17.3 Å². The van der Waals surface area contributed by atoms with Crippen LogP contribution in [0.3, 0.4) is 0 Å². The van der Waals surface area contributed by atoms with Gasteiger partial charge in [0.1, 0.15) is 11.3 Å². The first-order valence-electron chi connectivity index (χ1n) is 7.95. The maximum Gasteiger partial charge on any atom is 0.333 e. The number of aromatic amines is 1. The fourth-order valence-electron chi connectivity index (χ4n) is 2.61. The van der Waals surface area contributed by atoms with Crippen molar-refractivity contribution < 1.29 is 9.72 Å². The zero-order valence-corrected chi connectivity index (χ0v) is 15.2. The van der Waals surface area contributed by atoms with Crippen molar-refractivity contribution in [3.05, 3.63) is 95.8 Å². The van der Waals surface area contributed by atoms with Gasteiger partial charge in [0.25, 0.3) is 17.2 Å². The molecule has 142 valence electrons. The van der Waals surface area contributed by atoms with Crippen molar-refractivity contribution in [2.24, 2.45) is 0 Å². The summed E-state index contributed by atoms with van der Waals surface area (Å²) in [6, 6.07) is 10.2. The van der Waals surface area contributed by atoms with Crippen LogP contribution in [0.2, 0.25) is 5.02 Å². The summed E-state index contributed by atoms with van der Waals surface area (Å²) >= 11 is 5.81. The van der Waals surface area contributed by atoms with Crippen LogP contribution in [0.15, 0.2) is 58.3 Å². The third-order valence-corrected chi connectivity index (χ3v) is 4.24. The normalized spacial score (nSPS) is 10.5. The van der Waals surface area contributed by atoms with E-state index in [-0.39, 0.29) is 22.6 Å². The van der Waals surface area contributed by atoms with Crippen molar-refractivity contribution in [2.45, 2.75) is 6.92 Å². The van der Waals surface area contributed by atoms with E-state index >= 15 is 0 Å². The Bertz CT molecular complexity index is 1200. The molecule has 1 heterocycles. The van der Waals surface area contributed by atoms with Gasteiger partial charge in [-0.15, -0.1) is 0 Å². The molecule has 28 heavy (non-hydrogen) atoms. The third kappa shape index (κ3) is 3.55. The molecule has 1 aromatic heterocycles. The van der Waals surface area contributed by atoms with E-state index in [4.69, 9.17) is 11.6 Å². The second-order valence-corrected chi connectivity index (χ2v) is 6.24. The fourth-order valence-corrected chi connectivity index (χ4v) is 2.73. The standard InChI is InChI=1S/C18H13ClN4O5/c1-10-3-2-4-14(23(27)28)15(10)21-16(24)13-9-20-18(26)22(17(13)25)12-7-5-11(19)6-8-12/h2-9H,1H3,(H,20,26)(H,21,24). The first-order valence-corrected chi connectivity index (χ1v) is 8.33. The van der Waals surface area contributed by atoms with E-state index in [1.54, 1.807) is 13.0 Å². The number of aryl methyl sites for hydroxylation is 1. The lowest BCUT2D eigenvalue weighted by atomic mass is 10.1. The molecule has 0 unspecified atom stereocenters. The molecule has 0 bridgehead atoms. The maximum absolute atomic E-state index is 12.7. The number of rotatable bonds is 4. The van der Waals surface area contributed by atoms with Crippen LogP contribution in [0.4, 0.5) is 11.4 Å². The highest BCUT2D eigenvalue weighted by atomic mass is 35.5. The minimum absolute atomic E-state index is 0.0267. The highest BCUT2D eigenvalue weighted by Crippen LogP contribution is 2.27. The Morgan fingerprint density at radius 1 is 1.18 bits per heavy atom. The zero-order chi connectivity index (χ0) is 20.4. The lowest BCUT2D eigenvalue weighted by molar-refractivity contribution is -0.384. The van der Waals surface area contributed by atoms with E-state index in [1.165, 1.54) is 36.4 Å². The number of aromatic nitrogens is 2. The topological polar surface area (TPSA) is 127 Å². The number of amides is 1. The molecule has 10 heteroatoms. The SMILES string of the molecule is Cc1cccc([N+](=O)[O-])c1NC(=O)c1c[nH]c(=O)n(-c2ccc(Cl)cc2)c1=O. The lowest BCUT2D eigenvalue weighted by Gasteiger charge is -2.10. The van der Waals surface area contributed by atoms with E-state index in [9.17, 15) is 24.5 Å². The quantitative estimate of drug-likeness (QED) is 0.514. The van der Waals surface area contributed by atoms with Crippen molar-refractivity contribution >= 4 is 28.9 Å². The van der Waals surface area contributed by atoms with Crippen LogP contribution >= 0.6 is 11.6 Å². The van der Waals surface area contributed by atoms with Gasteiger partial charge in [-0.05, 0) is 36.8 Å². The van der Waals surface area contributed by atoms with Crippen LogP contribution in [-0.4, -0.2) is 20.4 Å². The molecule has 0 fully saturated rings. The number of H-pyrrole nitrogens is 1. The largest absolute Gasteiger partial charge is 0.333 e. The summed E-state index contributed by atoms with van der Waals surface area (Å²) in [6.07, 6.45) is 0.969. The maximum atomic E-state index is 12.7. The van der Waals surface area contributed by atoms with Crippen molar-refractivity contribution in [3.63, 3.8) is 0 Å². The van der Waals surface area contributed by atoms with E-state index in [0.29, 0.717) is 10.6 Å². The van der Waals surface area contributed by atoms with Crippen LogP contribution in [0.1, 0.15) is 15.9 Å². The molecule has 0 aliphatic rings. The molecule has 2 N–H and O–H groups in total. The molecular formula is C18H13ClN4O5. The second kappa shape index (κ2) is 7.49. The van der Waals surface area contributed by atoms with Gasteiger partial charge in [0.05, 0.1) is 10.6 Å². The highest BCUT2D eigenvalue weighted by molar-refractivity contribution is 6.30. The van der Waals surface area contributed by atoms with Gasteiger partial charge in [-0.1, -0.05) is 23.7 Å². The van der Waals surface area contributed by atoms with Gasteiger partial charge in [0.2, 0.25) is 0 Å². The van der Waals surface area contributed by atoms with Crippen molar-refractivity contribution in [1.29, 1.82) is 0 Å². The number of benzene rings is 2. The smallest absolute Gasteiger partial charge is 0.316 e. The van der Waals surface area contributed by atoms with Gasteiger partial charge in [-0.2, -0.15) is 0 Å². The van der Waals surface area contributed by atoms with E-state index < -0.39 is 22.1 Å². The van der Waals surface area contributed by atoms with E-state index in [2.05, 4.69) is 10.3 Å². The lowest BCUT2D eigenvalue weighted by Crippen LogP contribution is -2.38. The minimum atomic E-state index is -0.888. The molecule has 0 aliphatic carbocycles. The van der Waals surface area contributed by atoms with Crippen molar-refractivity contribution in [2.75, 3.05) is 5.32 Å². The van der Waals surface area contributed by atoms with Gasteiger partial charge in [-0.25, -0.2) is 9.36 Å². The van der Waals surface area contributed by atoms with Gasteiger partial charge in [0.15, 0.2) is 0 Å². The Balaban J connectivity index is 2.07. The van der Waals surface area contributed by atoms with Crippen LogP contribution in [-0.2, 0) is 0 Å². The Kier molecular flexibility index (Phi) is 5.10. The molecule has 2 aromatic carbocycles. The van der Waals surface area contributed by atoms with E-state index in [1.807, 2.05) is 0 Å². The number of hydrogen-bond donors (Lipinski definition) is 2. The molecule has 0 aliphatic heterocycles. The highest BCUT2D eigenvalue weighted by Gasteiger charge is 2.21. The van der Waals surface area contributed by atoms with Gasteiger partial charge >= 0.3 is 5.69 Å². The fraction of sp³-hybridized carbons (Fsp3) is 0.0556. The van der Waals surface area contributed by atoms with Gasteiger partial charge in [-0.3, -0.25) is 19.7 Å². The van der Waals surface area contributed by atoms with Crippen molar-refractivity contribution in [3.8, 4) is 5.69 Å². The summed E-state index contributed by atoms with van der Waals surface area (Å²) in [4.78, 5) is 50.3. The molecular weight excluding hydrogens is 388 g/mol. The zero-order valence-electron chi connectivity index (χ0n) is 14.4. The summed E-state index contributed by atoms with van der Waals surface area (Å²) in [6.45, 7) is 1.58. The average molecular weight is 401 g/mol. The molecule has 0 spiro atoms. The van der Waals surface area contributed by atoms with Crippen LogP contribution in [0.25, 0.3) is 5.69 Å². The number of carbonyl (C=O) groups excluding carboxylic acids is 1. The molecule has 0 radical (unpaired) electrons. The number of halogens is 1. The third-order valence-electron chi connectivity index (χ3n) is 3.99. The second-order valence-electron chi connectivity index (χ2n) is 5.80. The number of nitro benzene ring substituents is 1. The van der Waals surface area contributed by atoms with Crippen LogP contribution in [0, 0.1) is 17.0 Å². The average Bonchev–Trinajstić information content (AvgIpc) is 2.64. The predicted molar refractivity (Wildman–Crippen MR) is 103 cm³/mol. The number of carbonyl (C=O) groups is 1. The number of nitro groups is 1. The molecule has 9 nitrogen and oxygen atoms in total. The summed E-state index contributed by atoms with van der Waals surface area (Å²) < 4.78 is 0.775. The summed E-state index contributed by atoms with van der Waals surface area (Å²) in [5, 5.41) is 14.0. The molecule has 0 atom stereocenters. The number of anilines is 1.